The highest BCUT2D eigenvalue weighted by atomic mass is 16.3. The molecule has 0 spiro atoms. The van der Waals surface area contributed by atoms with Crippen LogP contribution in [0.4, 0.5) is 5.69 Å². The zero-order valence-corrected chi connectivity index (χ0v) is 9.86. The van der Waals surface area contributed by atoms with E-state index in [0.717, 1.165) is 5.52 Å². The van der Waals surface area contributed by atoms with E-state index >= 15 is 0 Å². The van der Waals surface area contributed by atoms with Gasteiger partial charge in [0.2, 0.25) is 5.91 Å². The molecule has 1 heterocycles. The van der Waals surface area contributed by atoms with E-state index in [1.54, 1.807) is 32.0 Å². The van der Waals surface area contributed by atoms with Gasteiger partial charge in [-0.3, -0.25) is 4.79 Å². The highest BCUT2D eigenvalue weighted by Gasteiger charge is 2.11. The van der Waals surface area contributed by atoms with Crippen LogP contribution in [0.1, 0.15) is 12.8 Å². The van der Waals surface area contributed by atoms with Crippen molar-refractivity contribution in [3.05, 3.63) is 24.1 Å². The van der Waals surface area contributed by atoms with Crippen LogP contribution in [-0.4, -0.2) is 17.4 Å². The zero-order valence-electron chi connectivity index (χ0n) is 9.86. The Morgan fingerprint density at radius 1 is 1.59 bits per heavy atom. The van der Waals surface area contributed by atoms with E-state index in [1.165, 1.54) is 0 Å². The van der Waals surface area contributed by atoms with Gasteiger partial charge in [-0.05, 0) is 18.2 Å². The average molecular weight is 233 g/mol. The summed E-state index contributed by atoms with van der Waals surface area (Å²) in [4.78, 5) is 15.9. The molecule has 0 fully saturated rings. The summed E-state index contributed by atoms with van der Waals surface area (Å²) in [6, 6.07) is 5.36. The van der Waals surface area contributed by atoms with Crippen LogP contribution >= 0.6 is 0 Å². The van der Waals surface area contributed by atoms with Crippen LogP contribution in [-0.2, 0) is 4.79 Å². The third-order valence-corrected chi connectivity index (χ3v) is 2.56. The van der Waals surface area contributed by atoms with Crippen LogP contribution in [0.2, 0.25) is 0 Å². The molecule has 2 rings (SSSR count). The SMILES string of the molecule is Cc1nc2cc(NC(=O)C(C)CN)ccc2o1. The van der Waals surface area contributed by atoms with Gasteiger partial charge < -0.3 is 15.5 Å². The minimum Gasteiger partial charge on any atom is -0.441 e. The normalized spacial score (nSPS) is 12.6. The quantitative estimate of drug-likeness (QED) is 0.844. The minimum absolute atomic E-state index is 0.0907. The number of anilines is 1. The third kappa shape index (κ3) is 2.45. The first-order chi connectivity index (χ1) is 8.10. The van der Waals surface area contributed by atoms with Gasteiger partial charge in [-0.1, -0.05) is 6.92 Å². The lowest BCUT2D eigenvalue weighted by Gasteiger charge is -2.09. The summed E-state index contributed by atoms with van der Waals surface area (Å²) >= 11 is 0. The minimum atomic E-state index is -0.204. The van der Waals surface area contributed by atoms with E-state index in [-0.39, 0.29) is 11.8 Å². The monoisotopic (exact) mass is 233 g/mol. The number of carbonyl (C=O) groups excluding carboxylic acids is 1. The Morgan fingerprint density at radius 3 is 3.06 bits per heavy atom. The van der Waals surface area contributed by atoms with Gasteiger partial charge in [0, 0.05) is 25.1 Å². The van der Waals surface area contributed by atoms with Gasteiger partial charge in [0.1, 0.15) is 5.52 Å². The number of aryl methyl sites for hydroxylation is 1. The fourth-order valence-corrected chi connectivity index (χ4v) is 1.49. The average Bonchev–Trinajstić information content (AvgIpc) is 2.67. The first-order valence-electron chi connectivity index (χ1n) is 5.48. The predicted molar refractivity (Wildman–Crippen MR) is 65.6 cm³/mol. The molecule has 1 aromatic carbocycles. The molecule has 5 nitrogen and oxygen atoms in total. The van der Waals surface area contributed by atoms with Crippen LogP contribution in [0.25, 0.3) is 11.1 Å². The summed E-state index contributed by atoms with van der Waals surface area (Å²) < 4.78 is 5.35. The molecule has 1 aromatic heterocycles. The smallest absolute Gasteiger partial charge is 0.228 e. The second kappa shape index (κ2) is 4.55. The second-order valence-electron chi connectivity index (χ2n) is 4.04. The van der Waals surface area contributed by atoms with Crippen molar-refractivity contribution in [2.45, 2.75) is 13.8 Å². The van der Waals surface area contributed by atoms with Crippen LogP contribution in [0, 0.1) is 12.8 Å². The highest BCUT2D eigenvalue weighted by molar-refractivity contribution is 5.94. The van der Waals surface area contributed by atoms with Crippen LogP contribution in [0.15, 0.2) is 22.6 Å². The van der Waals surface area contributed by atoms with Gasteiger partial charge in [-0.15, -0.1) is 0 Å². The summed E-state index contributed by atoms with van der Waals surface area (Å²) in [6.07, 6.45) is 0. The number of hydrogen-bond donors (Lipinski definition) is 2. The van der Waals surface area contributed by atoms with Crippen molar-refractivity contribution < 1.29 is 9.21 Å². The molecule has 90 valence electrons. The molecule has 0 bridgehead atoms. The summed E-state index contributed by atoms with van der Waals surface area (Å²) in [5.41, 5.74) is 7.59. The first-order valence-corrected chi connectivity index (χ1v) is 5.48. The summed E-state index contributed by atoms with van der Waals surface area (Å²) in [5, 5.41) is 2.79. The molecule has 3 N–H and O–H groups in total. The van der Waals surface area contributed by atoms with E-state index in [2.05, 4.69) is 10.3 Å². The molecule has 5 heteroatoms. The van der Waals surface area contributed by atoms with Crippen molar-refractivity contribution in [3.8, 4) is 0 Å². The van der Waals surface area contributed by atoms with E-state index < -0.39 is 0 Å². The molecule has 0 aliphatic carbocycles. The number of nitrogens with zero attached hydrogens (tertiary/aromatic N) is 1. The van der Waals surface area contributed by atoms with Gasteiger partial charge in [-0.25, -0.2) is 4.98 Å². The number of nitrogens with two attached hydrogens (primary N) is 1. The van der Waals surface area contributed by atoms with Gasteiger partial charge in [-0.2, -0.15) is 0 Å². The Hall–Kier alpha value is -1.88. The molecule has 0 saturated carbocycles. The third-order valence-electron chi connectivity index (χ3n) is 2.56. The Morgan fingerprint density at radius 2 is 2.35 bits per heavy atom. The van der Waals surface area contributed by atoms with Gasteiger partial charge in [0.05, 0.1) is 0 Å². The second-order valence-corrected chi connectivity index (χ2v) is 4.04. The fourth-order valence-electron chi connectivity index (χ4n) is 1.49. The number of rotatable bonds is 3. The maximum Gasteiger partial charge on any atom is 0.228 e. The number of nitrogens with one attached hydrogen (secondary N) is 1. The van der Waals surface area contributed by atoms with Gasteiger partial charge in [0.15, 0.2) is 11.5 Å². The highest BCUT2D eigenvalue weighted by Crippen LogP contribution is 2.19. The molecule has 0 aliphatic rings. The Labute approximate surface area is 99.0 Å². The molecular formula is C12H15N3O2. The van der Waals surface area contributed by atoms with Crippen LogP contribution < -0.4 is 11.1 Å². The lowest BCUT2D eigenvalue weighted by atomic mass is 10.1. The van der Waals surface area contributed by atoms with E-state index in [4.69, 9.17) is 10.2 Å². The summed E-state index contributed by atoms with van der Waals surface area (Å²) in [5.74, 6) is 0.315. The number of hydrogen-bond acceptors (Lipinski definition) is 4. The predicted octanol–water partition coefficient (Wildman–Crippen LogP) is 1.67. The fraction of sp³-hybridized carbons (Fsp3) is 0.333. The number of aromatic nitrogens is 1. The summed E-state index contributed by atoms with van der Waals surface area (Å²) in [6.45, 7) is 3.90. The van der Waals surface area contributed by atoms with E-state index in [0.29, 0.717) is 23.7 Å². The molecule has 0 radical (unpaired) electrons. The van der Waals surface area contributed by atoms with Crippen molar-refractivity contribution in [1.29, 1.82) is 0 Å². The van der Waals surface area contributed by atoms with Crippen molar-refractivity contribution in [1.82, 2.24) is 4.98 Å². The lowest BCUT2D eigenvalue weighted by molar-refractivity contribution is -0.119. The standard InChI is InChI=1S/C12H15N3O2/c1-7(6-13)12(16)15-9-3-4-11-10(5-9)14-8(2)17-11/h3-5,7H,6,13H2,1-2H3,(H,15,16). The maximum absolute atomic E-state index is 11.6. The Kier molecular flexibility index (Phi) is 3.10. The molecule has 0 saturated heterocycles. The van der Waals surface area contributed by atoms with E-state index in [1.807, 2.05) is 0 Å². The number of benzene rings is 1. The zero-order chi connectivity index (χ0) is 12.4. The molecule has 1 amide bonds. The van der Waals surface area contributed by atoms with E-state index in [9.17, 15) is 4.79 Å². The van der Waals surface area contributed by atoms with Crippen molar-refractivity contribution >= 4 is 22.7 Å². The van der Waals surface area contributed by atoms with Crippen LogP contribution in [0.5, 0.6) is 0 Å². The molecule has 1 unspecified atom stereocenters. The maximum atomic E-state index is 11.6. The number of amides is 1. The number of fused-ring (bicyclic) bond motifs is 1. The van der Waals surface area contributed by atoms with Crippen LogP contribution in [0.3, 0.4) is 0 Å². The largest absolute Gasteiger partial charge is 0.441 e. The van der Waals surface area contributed by atoms with Gasteiger partial charge in [0.25, 0.3) is 0 Å². The Balaban J connectivity index is 2.22. The van der Waals surface area contributed by atoms with Gasteiger partial charge >= 0.3 is 0 Å². The van der Waals surface area contributed by atoms with Crippen molar-refractivity contribution in [2.75, 3.05) is 11.9 Å². The lowest BCUT2D eigenvalue weighted by Crippen LogP contribution is -2.26. The number of carbonyl (C=O) groups is 1. The molecule has 1 atom stereocenters. The Bertz CT molecular complexity index is 548. The first kappa shape index (κ1) is 11.6. The topological polar surface area (TPSA) is 81.2 Å². The molecule has 2 aromatic rings. The van der Waals surface area contributed by atoms with Crippen molar-refractivity contribution in [3.63, 3.8) is 0 Å². The molecule has 0 aliphatic heterocycles. The number of oxazole rings is 1. The summed E-state index contributed by atoms with van der Waals surface area (Å²) in [7, 11) is 0. The van der Waals surface area contributed by atoms with Crippen molar-refractivity contribution in [2.24, 2.45) is 11.7 Å². The molecule has 17 heavy (non-hydrogen) atoms. The molecular weight excluding hydrogens is 218 g/mol.